The molecular weight excluding hydrogens is 704 g/mol. The first-order chi connectivity index (χ1) is 26.3. The molecule has 13 nitrogen and oxygen atoms in total. The van der Waals surface area contributed by atoms with Gasteiger partial charge in [0.2, 0.25) is 11.8 Å². The van der Waals surface area contributed by atoms with Crippen molar-refractivity contribution in [2.24, 2.45) is 0 Å². The second kappa shape index (κ2) is 14.0. The third-order valence-electron chi connectivity index (χ3n) is 11.0. The van der Waals surface area contributed by atoms with E-state index in [9.17, 15) is 14.4 Å². The first-order valence-electron chi connectivity index (χ1n) is 18.7. The minimum atomic E-state index is -0.399. The van der Waals surface area contributed by atoms with E-state index in [4.69, 9.17) is 21.7 Å². The average molecular weight is 745 g/mol. The van der Waals surface area contributed by atoms with E-state index in [1.54, 1.807) is 10.7 Å². The van der Waals surface area contributed by atoms with Crippen LogP contribution in [0.25, 0.3) is 16.9 Å². The molecule has 3 aliphatic heterocycles. The predicted octanol–water partition coefficient (Wildman–Crippen LogP) is 4.92. The fraction of sp³-hybridized carbons (Fsp3) is 0.350. The smallest absolute Gasteiger partial charge is 0.271 e. The highest BCUT2D eigenvalue weighted by molar-refractivity contribution is 6.32. The van der Waals surface area contributed by atoms with E-state index in [2.05, 4.69) is 66.0 Å². The molecule has 4 aliphatic rings. The summed E-state index contributed by atoms with van der Waals surface area (Å²) in [6.45, 7) is 5.07. The number of anilines is 4. The van der Waals surface area contributed by atoms with Crippen LogP contribution in [0.3, 0.4) is 0 Å². The molecule has 3 aromatic heterocycles. The van der Waals surface area contributed by atoms with Gasteiger partial charge >= 0.3 is 0 Å². The third kappa shape index (κ3) is 6.51. The van der Waals surface area contributed by atoms with Crippen LogP contribution in [0.4, 0.5) is 22.9 Å². The normalized spacial score (nSPS) is 18.9. The summed E-state index contributed by atoms with van der Waals surface area (Å²) in [6.07, 6.45) is 7.16. The Labute approximate surface area is 317 Å². The largest absolute Gasteiger partial charge is 0.385 e. The van der Waals surface area contributed by atoms with Gasteiger partial charge in [-0.25, -0.2) is 9.50 Å². The number of benzene rings is 2. The van der Waals surface area contributed by atoms with Crippen LogP contribution in [0, 0.1) is 0 Å². The van der Waals surface area contributed by atoms with Gasteiger partial charge in [0.25, 0.3) is 5.91 Å². The Bertz CT molecular complexity index is 2300. The molecule has 0 spiro atoms. The number of nitrogens with zero attached hydrogens (tertiary/aromatic N) is 7. The van der Waals surface area contributed by atoms with Crippen molar-refractivity contribution < 1.29 is 14.4 Å². The Kier molecular flexibility index (Phi) is 8.90. The number of hydrogen-bond donors (Lipinski definition) is 3. The van der Waals surface area contributed by atoms with Crippen LogP contribution in [0.5, 0.6) is 0 Å². The lowest BCUT2D eigenvalue weighted by Crippen LogP contribution is -2.46. The minimum Gasteiger partial charge on any atom is -0.385 e. The molecule has 3 N–H and O–H groups in total. The van der Waals surface area contributed by atoms with Crippen molar-refractivity contribution in [2.75, 3.05) is 54.9 Å². The van der Waals surface area contributed by atoms with Crippen molar-refractivity contribution in [3.8, 4) is 11.3 Å². The SMILES string of the molecule is CNc1cc(N2CCc3c(-c4cc(CN5CCN(c6ccc(C7CCC(=O)NC7=O)c(Cl)c6)CC5)ccn4)cccc32)nn2c(C(=O)NC3CC3)cnc12. The van der Waals surface area contributed by atoms with Crippen LogP contribution in [-0.2, 0) is 22.6 Å². The van der Waals surface area contributed by atoms with Gasteiger partial charge in [-0.1, -0.05) is 29.8 Å². The number of pyridine rings is 1. The Morgan fingerprint density at radius 3 is 2.59 bits per heavy atom. The van der Waals surface area contributed by atoms with Crippen LogP contribution in [0.1, 0.15) is 58.8 Å². The monoisotopic (exact) mass is 744 g/mol. The van der Waals surface area contributed by atoms with E-state index in [1.807, 2.05) is 37.5 Å². The number of amides is 3. The first-order valence-corrected chi connectivity index (χ1v) is 19.0. The maximum Gasteiger partial charge on any atom is 0.271 e. The van der Waals surface area contributed by atoms with Crippen LogP contribution in [0.2, 0.25) is 5.02 Å². The van der Waals surface area contributed by atoms with Crippen molar-refractivity contribution in [2.45, 2.75) is 50.6 Å². The molecule has 0 bridgehead atoms. The molecule has 1 unspecified atom stereocenters. The number of carbonyl (C=O) groups is 3. The van der Waals surface area contributed by atoms with Crippen LogP contribution in [-0.4, -0.2) is 88.0 Å². The molecule has 54 heavy (non-hydrogen) atoms. The number of imidazole rings is 1. The number of rotatable bonds is 9. The number of halogens is 1. The summed E-state index contributed by atoms with van der Waals surface area (Å²) in [5.74, 6) is -0.313. The highest BCUT2D eigenvalue weighted by Gasteiger charge is 2.31. The van der Waals surface area contributed by atoms with Gasteiger partial charge in [0.05, 0.1) is 23.5 Å². The summed E-state index contributed by atoms with van der Waals surface area (Å²) in [6, 6.07) is 18.8. The molecule has 1 aliphatic carbocycles. The molecule has 2 saturated heterocycles. The molecular formula is C40H41ClN10O3. The van der Waals surface area contributed by atoms with E-state index < -0.39 is 5.92 Å². The summed E-state index contributed by atoms with van der Waals surface area (Å²) < 4.78 is 1.65. The highest BCUT2D eigenvalue weighted by Crippen LogP contribution is 2.40. The lowest BCUT2D eigenvalue weighted by molar-refractivity contribution is -0.134. The van der Waals surface area contributed by atoms with Crippen molar-refractivity contribution in [3.05, 3.63) is 94.4 Å². The quantitative estimate of drug-likeness (QED) is 0.178. The van der Waals surface area contributed by atoms with Gasteiger partial charge in [0.1, 0.15) is 0 Å². The van der Waals surface area contributed by atoms with Gasteiger partial charge in [-0.3, -0.25) is 29.6 Å². The third-order valence-corrected chi connectivity index (χ3v) is 11.3. The Balaban J connectivity index is 0.888. The van der Waals surface area contributed by atoms with E-state index in [0.29, 0.717) is 29.2 Å². The maximum absolute atomic E-state index is 13.0. The van der Waals surface area contributed by atoms with Crippen molar-refractivity contribution in [1.29, 1.82) is 0 Å². The Morgan fingerprint density at radius 2 is 1.81 bits per heavy atom. The Morgan fingerprint density at radius 1 is 0.963 bits per heavy atom. The fourth-order valence-electron chi connectivity index (χ4n) is 7.95. The van der Waals surface area contributed by atoms with Crippen molar-refractivity contribution in [3.63, 3.8) is 0 Å². The zero-order valence-corrected chi connectivity index (χ0v) is 30.8. The van der Waals surface area contributed by atoms with Gasteiger partial charge in [0, 0.05) is 93.0 Å². The van der Waals surface area contributed by atoms with Gasteiger partial charge in [-0.15, -0.1) is 5.10 Å². The first kappa shape index (κ1) is 34.3. The molecule has 9 rings (SSSR count). The van der Waals surface area contributed by atoms with Crippen molar-refractivity contribution in [1.82, 2.24) is 35.1 Å². The summed E-state index contributed by atoms with van der Waals surface area (Å²) in [5, 5.41) is 14.2. The molecule has 1 saturated carbocycles. The number of piperazine rings is 1. The number of piperidine rings is 1. The van der Waals surface area contributed by atoms with E-state index >= 15 is 0 Å². The Hall–Kier alpha value is -5.53. The summed E-state index contributed by atoms with van der Waals surface area (Å²) >= 11 is 6.69. The van der Waals surface area contributed by atoms with Gasteiger partial charge in [-0.05, 0) is 72.7 Å². The molecule has 6 heterocycles. The number of aromatic nitrogens is 4. The van der Waals surface area contributed by atoms with Crippen molar-refractivity contribution >= 4 is 57.8 Å². The second-order valence-corrected chi connectivity index (χ2v) is 14.9. The van der Waals surface area contributed by atoms with Crippen LogP contribution in [0.15, 0.2) is 67.0 Å². The number of imide groups is 1. The van der Waals surface area contributed by atoms with Crippen LogP contribution < -0.4 is 25.8 Å². The van der Waals surface area contributed by atoms with E-state index in [-0.39, 0.29) is 23.8 Å². The van der Waals surface area contributed by atoms with Gasteiger partial charge < -0.3 is 20.4 Å². The fourth-order valence-corrected chi connectivity index (χ4v) is 8.26. The molecule has 5 aromatic rings. The maximum atomic E-state index is 13.0. The zero-order chi connectivity index (χ0) is 36.9. The topological polar surface area (TPSA) is 140 Å². The second-order valence-electron chi connectivity index (χ2n) is 14.5. The van der Waals surface area contributed by atoms with Gasteiger partial charge in [0.15, 0.2) is 17.2 Å². The summed E-state index contributed by atoms with van der Waals surface area (Å²) in [7, 11) is 1.85. The summed E-state index contributed by atoms with van der Waals surface area (Å²) in [5.41, 5.74) is 9.23. The minimum absolute atomic E-state index is 0.156. The standard InChI is InChI=1S/C40H41ClN10O3/c1-42-33-21-36(47-51-35(22-44-38(33)51)40(54)45-25-5-6-25)50-14-12-29-28(3-2-4-34(29)50)32-19-24(11-13-43-32)23-48-15-17-49(18-16-48)26-7-8-27(31(41)20-26)30-9-10-37(52)46-39(30)53/h2-4,7-8,11,13,19-22,25,30,42H,5-6,9-10,12,14-18,23H2,1H3,(H,45,54)(H,46,52,53). The molecule has 0 radical (unpaired) electrons. The van der Waals surface area contributed by atoms with E-state index in [1.165, 1.54) is 11.1 Å². The number of hydrogen-bond acceptors (Lipinski definition) is 10. The summed E-state index contributed by atoms with van der Waals surface area (Å²) in [4.78, 5) is 53.4. The molecule has 3 amide bonds. The molecule has 1 atom stereocenters. The molecule has 14 heteroatoms. The number of carbonyl (C=O) groups excluding carboxylic acids is 3. The average Bonchev–Trinajstić information content (AvgIpc) is 3.71. The van der Waals surface area contributed by atoms with E-state index in [0.717, 1.165) is 98.2 Å². The molecule has 276 valence electrons. The predicted molar refractivity (Wildman–Crippen MR) is 207 cm³/mol. The molecule has 3 fully saturated rings. The lowest BCUT2D eigenvalue weighted by Gasteiger charge is -2.36. The lowest BCUT2D eigenvalue weighted by atomic mass is 9.90. The van der Waals surface area contributed by atoms with Gasteiger partial charge in [-0.2, -0.15) is 0 Å². The molecule has 2 aromatic carbocycles. The van der Waals surface area contributed by atoms with Crippen LogP contribution >= 0.6 is 11.6 Å². The number of nitrogens with one attached hydrogen (secondary N) is 3. The number of fused-ring (bicyclic) bond motifs is 2. The zero-order valence-electron chi connectivity index (χ0n) is 30.0. The highest BCUT2D eigenvalue weighted by atomic mass is 35.5.